The van der Waals surface area contributed by atoms with E-state index in [2.05, 4.69) is 11.1 Å². The maximum absolute atomic E-state index is 12.6. The molecule has 0 saturated heterocycles. The number of pyridine rings is 1. The molecule has 0 unspecified atom stereocenters. The number of aliphatic hydroxyl groups excluding tert-OH is 1. The molecule has 114 valence electrons. The number of carbonyl (C=O) groups excluding carboxylic acids is 1. The van der Waals surface area contributed by atoms with Crippen LogP contribution in [0, 0.1) is 11.9 Å². The van der Waals surface area contributed by atoms with E-state index in [1.54, 1.807) is 12.3 Å². The maximum atomic E-state index is 12.6. The van der Waals surface area contributed by atoms with Crippen LogP contribution < -0.4 is 0 Å². The summed E-state index contributed by atoms with van der Waals surface area (Å²) in [7, 11) is 0. The van der Waals surface area contributed by atoms with Gasteiger partial charge in [-0.3, -0.25) is 9.18 Å². The van der Waals surface area contributed by atoms with Gasteiger partial charge in [-0.25, -0.2) is 0 Å². The molecule has 5 heteroatoms. The van der Waals surface area contributed by atoms with Crippen molar-refractivity contribution in [3.05, 3.63) is 66.3 Å². The Morgan fingerprint density at radius 3 is 2.38 bits per heavy atom. The van der Waals surface area contributed by atoms with Crippen molar-refractivity contribution in [1.29, 1.82) is 0 Å². The molecule has 2 aromatic rings. The van der Waals surface area contributed by atoms with Crippen molar-refractivity contribution in [3.8, 4) is 11.3 Å². The Bertz CT molecular complexity index is 579. The molecule has 3 nitrogen and oxygen atoms in total. The molecule has 0 aliphatic carbocycles. The second-order valence-electron chi connectivity index (χ2n) is 4.03. The van der Waals surface area contributed by atoms with E-state index >= 15 is 0 Å². The van der Waals surface area contributed by atoms with E-state index < -0.39 is 0 Å². The van der Waals surface area contributed by atoms with Crippen LogP contribution in [0.1, 0.15) is 13.8 Å². The molecule has 0 atom stereocenters. The largest absolute Gasteiger partial charge is 0.512 e. The summed E-state index contributed by atoms with van der Waals surface area (Å²) in [4.78, 5) is 14.1. The third kappa shape index (κ3) is 8.15. The molecule has 0 bridgehead atoms. The van der Waals surface area contributed by atoms with Crippen LogP contribution in [0.3, 0.4) is 0 Å². The first-order valence-electron chi connectivity index (χ1n) is 5.95. The number of rotatable bonds is 2. The van der Waals surface area contributed by atoms with Crippen molar-refractivity contribution in [3.63, 3.8) is 0 Å². The number of aromatic nitrogens is 1. The second kappa shape index (κ2) is 10.0. The number of aliphatic hydroxyl groups is 1. The molecule has 1 heterocycles. The Hall–Kier alpha value is -1.80. The van der Waals surface area contributed by atoms with E-state index in [0.29, 0.717) is 0 Å². The molecular formula is C16H15FNO2Pt-. The van der Waals surface area contributed by atoms with Gasteiger partial charge in [0.15, 0.2) is 5.78 Å². The number of hydrogen-bond acceptors (Lipinski definition) is 3. The van der Waals surface area contributed by atoms with Gasteiger partial charge in [-0.1, -0.05) is 12.1 Å². The van der Waals surface area contributed by atoms with Crippen LogP contribution >= 0.6 is 0 Å². The molecule has 1 N–H and O–H groups in total. The Morgan fingerprint density at radius 1 is 1.29 bits per heavy atom. The van der Waals surface area contributed by atoms with E-state index in [-0.39, 0.29) is 38.4 Å². The quantitative estimate of drug-likeness (QED) is 0.416. The molecule has 1 aromatic carbocycles. The number of nitrogens with zero attached hydrogens (tertiary/aromatic N) is 1. The maximum Gasteiger partial charge on any atom is 0.155 e. The number of carbonyl (C=O) groups is 1. The first kappa shape index (κ1) is 19.2. The van der Waals surface area contributed by atoms with E-state index in [9.17, 15) is 9.18 Å². The zero-order chi connectivity index (χ0) is 15.0. The van der Waals surface area contributed by atoms with Crippen molar-refractivity contribution in [2.24, 2.45) is 0 Å². The first-order chi connectivity index (χ1) is 9.49. The fraction of sp³-hybridized carbons (Fsp3) is 0.125. The minimum absolute atomic E-state index is 0. The average molecular weight is 467 g/mol. The molecule has 21 heavy (non-hydrogen) atoms. The molecular weight excluding hydrogens is 452 g/mol. The van der Waals surface area contributed by atoms with Crippen molar-refractivity contribution >= 4 is 5.78 Å². The molecule has 1 aromatic heterocycles. The van der Waals surface area contributed by atoms with Crippen LogP contribution in [0.25, 0.3) is 11.3 Å². The van der Waals surface area contributed by atoms with Gasteiger partial charge in [-0.05, 0) is 25.6 Å². The molecule has 0 spiro atoms. The summed E-state index contributed by atoms with van der Waals surface area (Å²) >= 11 is 0. The Morgan fingerprint density at radius 2 is 2.00 bits per heavy atom. The summed E-state index contributed by atoms with van der Waals surface area (Å²) in [5, 5.41) is 8.36. The minimum atomic E-state index is -0.278. The molecule has 0 saturated carbocycles. The summed E-state index contributed by atoms with van der Waals surface area (Å²) in [5.74, 6) is -0.341. The van der Waals surface area contributed by atoms with Gasteiger partial charge >= 0.3 is 0 Å². The third-order valence-corrected chi connectivity index (χ3v) is 2.13. The molecule has 0 fully saturated rings. The number of benzene rings is 1. The van der Waals surface area contributed by atoms with Gasteiger partial charge in [0.25, 0.3) is 0 Å². The number of hydrogen-bond donors (Lipinski definition) is 1. The second-order valence-corrected chi connectivity index (χ2v) is 4.03. The van der Waals surface area contributed by atoms with Crippen LogP contribution in [0.2, 0.25) is 0 Å². The standard InChI is InChI=1S/C11H7FN.C5H8O2.Pt/c12-10-6-4-9(5-7-10)11-3-1-2-8-13-11;1-4(6)3-5(2)7;/h1-4,6-8H;3,6H,1-2H3;/q-1;;/b;4-3-;. The normalized spacial score (nSPS) is 9.95. The van der Waals surface area contributed by atoms with Gasteiger partial charge in [-0.15, -0.1) is 29.8 Å². The smallest absolute Gasteiger partial charge is 0.155 e. The van der Waals surface area contributed by atoms with Gasteiger partial charge in [0.05, 0.1) is 5.76 Å². The van der Waals surface area contributed by atoms with Crippen LogP contribution in [0.4, 0.5) is 4.39 Å². The van der Waals surface area contributed by atoms with Crippen molar-refractivity contribution in [2.45, 2.75) is 13.8 Å². The SMILES string of the molecule is CC(=O)/C=C(/C)O.Fc1c[c-]c(-c2ccccn2)cc1.[Pt]. The van der Waals surface area contributed by atoms with E-state index in [0.717, 1.165) is 11.3 Å². The molecule has 0 aliphatic heterocycles. The van der Waals surface area contributed by atoms with Gasteiger partial charge < -0.3 is 10.1 Å². The van der Waals surface area contributed by atoms with E-state index in [1.807, 2.05) is 18.2 Å². The van der Waals surface area contributed by atoms with Crippen LogP contribution in [-0.2, 0) is 25.9 Å². The van der Waals surface area contributed by atoms with Gasteiger partial charge in [0.2, 0.25) is 0 Å². The summed E-state index contributed by atoms with van der Waals surface area (Å²) < 4.78 is 12.6. The van der Waals surface area contributed by atoms with Crippen molar-refractivity contribution < 1.29 is 35.4 Å². The Kier molecular flexibility index (Phi) is 9.14. The average Bonchev–Trinajstić information content (AvgIpc) is 2.40. The molecule has 0 amide bonds. The summed E-state index contributed by atoms with van der Waals surface area (Å²) in [6.45, 7) is 2.85. The monoisotopic (exact) mass is 467 g/mol. The fourth-order valence-corrected chi connectivity index (χ4v) is 1.38. The summed E-state index contributed by atoms with van der Waals surface area (Å²) in [6, 6.07) is 12.8. The Balaban J connectivity index is 0.000000436. The number of allylic oxidation sites excluding steroid dienone is 2. The van der Waals surface area contributed by atoms with Crippen LogP contribution in [-0.4, -0.2) is 15.9 Å². The van der Waals surface area contributed by atoms with Crippen LogP contribution in [0.5, 0.6) is 0 Å². The first-order valence-corrected chi connectivity index (χ1v) is 5.95. The topological polar surface area (TPSA) is 50.2 Å². The van der Waals surface area contributed by atoms with E-state index in [1.165, 1.54) is 32.1 Å². The predicted octanol–water partition coefficient (Wildman–Crippen LogP) is 3.72. The third-order valence-electron chi connectivity index (χ3n) is 2.13. The number of ketones is 1. The van der Waals surface area contributed by atoms with Crippen LogP contribution in [0.15, 0.2) is 54.4 Å². The summed E-state index contributed by atoms with van der Waals surface area (Å²) in [5.41, 5.74) is 1.62. The zero-order valence-electron chi connectivity index (χ0n) is 11.6. The summed E-state index contributed by atoms with van der Waals surface area (Å²) in [6.07, 6.45) is 2.87. The predicted molar refractivity (Wildman–Crippen MR) is 75.5 cm³/mol. The molecule has 0 radical (unpaired) electrons. The molecule has 0 aliphatic rings. The van der Waals surface area contributed by atoms with Gasteiger partial charge in [-0.2, -0.15) is 0 Å². The van der Waals surface area contributed by atoms with Crippen molar-refractivity contribution in [2.75, 3.05) is 0 Å². The fourth-order valence-electron chi connectivity index (χ4n) is 1.38. The van der Waals surface area contributed by atoms with Gasteiger partial charge in [0.1, 0.15) is 0 Å². The Labute approximate surface area is 137 Å². The molecule has 2 rings (SSSR count). The minimum Gasteiger partial charge on any atom is -0.512 e. The number of halogens is 1. The van der Waals surface area contributed by atoms with Crippen molar-refractivity contribution in [1.82, 2.24) is 4.98 Å². The zero-order valence-corrected chi connectivity index (χ0v) is 13.9. The van der Waals surface area contributed by atoms with Gasteiger partial charge in [0, 0.05) is 39.2 Å². The van der Waals surface area contributed by atoms with E-state index in [4.69, 9.17) is 5.11 Å².